The zero-order valence-corrected chi connectivity index (χ0v) is 7.64. The Kier molecular flexibility index (Phi) is 2.07. The second-order valence-electron chi connectivity index (χ2n) is 3.38. The number of rotatable bonds is 0. The van der Waals surface area contributed by atoms with E-state index in [1.165, 1.54) is 11.1 Å². The first-order valence-corrected chi connectivity index (χ1v) is 4.67. The molecule has 0 saturated carbocycles. The van der Waals surface area contributed by atoms with Gasteiger partial charge in [-0.1, -0.05) is 23.7 Å². The van der Waals surface area contributed by atoms with Gasteiger partial charge < -0.3 is 5.73 Å². The maximum absolute atomic E-state index is 6.05. The van der Waals surface area contributed by atoms with E-state index in [9.17, 15) is 0 Å². The summed E-state index contributed by atoms with van der Waals surface area (Å²) in [6.07, 6.45) is 3.11. The van der Waals surface area contributed by atoms with Crippen molar-refractivity contribution in [3.63, 3.8) is 0 Å². The number of halogens is 1. The molecule has 0 saturated heterocycles. The van der Waals surface area contributed by atoms with Gasteiger partial charge >= 0.3 is 0 Å². The van der Waals surface area contributed by atoms with E-state index in [2.05, 4.69) is 6.07 Å². The highest BCUT2D eigenvalue weighted by Gasteiger charge is 2.16. The van der Waals surface area contributed by atoms with Crippen molar-refractivity contribution in [1.29, 1.82) is 0 Å². The summed E-state index contributed by atoms with van der Waals surface area (Å²) >= 11 is 6.05. The van der Waals surface area contributed by atoms with Crippen molar-refractivity contribution in [1.82, 2.24) is 0 Å². The highest BCUT2D eigenvalue weighted by Crippen LogP contribution is 2.26. The molecule has 0 heterocycles. The molecule has 0 bridgehead atoms. The van der Waals surface area contributed by atoms with Gasteiger partial charge in [-0.3, -0.25) is 0 Å². The monoisotopic (exact) mass is 181 g/mol. The molecule has 2 rings (SSSR count). The molecule has 0 fully saturated rings. The summed E-state index contributed by atoms with van der Waals surface area (Å²) in [4.78, 5) is 0. The predicted molar refractivity (Wildman–Crippen MR) is 51.5 cm³/mol. The Morgan fingerprint density at radius 1 is 1.42 bits per heavy atom. The van der Waals surface area contributed by atoms with Gasteiger partial charge in [-0.2, -0.15) is 0 Å². The number of fused-ring (bicyclic) bond motifs is 1. The minimum absolute atomic E-state index is 0.303. The Labute approximate surface area is 77.5 Å². The topological polar surface area (TPSA) is 26.0 Å². The fourth-order valence-corrected chi connectivity index (χ4v) is 2.04. The second-order valence-corrected chi connectivity index (χ2v) is 3.79. The molecule has 1 aliphatic rings. The number of hydrogen-bond acceptors (Lipinski definition) is 1. The molecule has 1 nitrogen and oxygen atoms in total. The third kappa shape index (κ3) is 1.35. The predicted octanol–water partition coefficient (Wildman–Crippen LogP) is 2.16. The van der Waals surface area contributed by atoms with Crippen molar-refractivity contribution in [2.24, 2.45) is 5.73 Å². The van der Waals surface area contributed by atoms with Gasteiger partial charge in [0.15, 0.2) is 0 Å². The van der Waals surface area contributed by atoms with Crippen LogP contribution in [0.2, 0.25) is 5.02 Å². The normalized spacial score (nSPS) is 22.0. The van der Waals surface area contributed by atoms with Gasteiger partial charge in [-0.15, -0.1) is 0 Å². The highest BCUT2D eigenvalue weighted by atomic mass is 35.5. The van der Waals surface area contributed by atoms with E-state index in [0.29, 0.717) is 6.04 Å². The fourth-order valence-electron chi connectivity index (χ4n) is 1.77. The van der Waals surface area contributed by atoms with Crippen molar-refractivity contribution in [2.75, 3.05) is 0 Å². The van der Waals surface area contributed by atoms with Gasteiger partial charge in [0.25, 0.3) is 0 Å². The molecular formula is C10H12ClN. The van der Waals surface area contributed by atoms with E-state index >= 15 is 0 Å². The molecule has 1 aromatic carbocycles. The molecule has 1 atom stereocenters. The number of aryl methyl sites for hydroxylation is 1. The van der Waals surface area contributed by atoms with Crippen LogP contribution in [0.25, 0.3) is 0 Å². The van der Waals surface area contributed by atoms with Crippen LogP contribution >= 0.6 is 11.6 Å². The summed E-state index contributed by atoms with van der Waals surface area (Å²) < 4.78 is 0. The van der Waals surface area contributed by atoms with Gasteiger partial charge in [-0.25, -0.2) is 0 Å². The van der Waals surface area contributed by atoms with E-state index in [0.717, 1.165) is 24.3 Å². The van der Waals surface area contributed by atoms with E-state index in [1.54, 1.807) is 0 Å². The van der Waals surface area contributed by atoms with Crippen molar-refractivity contribution in [3.8, 4) is 0 Å². The number of nitrogens with two attached hydrogens (primary N) is 1. The van der Waals surface area contributed by atoms with Gasteiger partial charge in [-0.05, 0) is 36.5 Å². The molecule has 2 N–H and O–H groups in total. The Morgan fingerprint density at radius 3 is 3.08 bits per heavy atom. The summed E-state index contributed by atoms with van der Waals surface area (Å²) in [7, 11) is 0. The molecule has 0 spiro atoms. The maximum atomic E-state index is 6.05. The molecule has 1 aliphatic carbocycles. The SMILES string of the molecule is N[C@H]1CCc2cccc(Cl)c2C1. The molecule has 64 valence electrons. The van der Waals surface area contributed by atoms with Gasteiger partial charge in [0, 0.05) is 11.1 Å². The van der Waals surface area contributed by atoms with Crippen LogP contribution in [0.3, 0.4) is 0 Å². The van der Waals surface area contributed by atoms with Crippen LogP contribution in [-0.2, 0) is 12.8 Å². The third-order valence-corrected chi connectivity index (χ3v) is 2.82. The van der Waals surface area contributed by atoms with Crippen LogP contribution in [-0.4, -0.2) is 6.04 Å². The molecular weight excluding hydrogens is 170 g/mol. The summed E-state index contributed by atoms with van der Waals surface area (Å²) in [6, 6.07) is 6.40. The Hall–Kier alpha value is -0.530. The lowest BCUT2D eigenvalue weighted by Gasteiger charge is -2.21. The molecule has 0 aromatic heterocycles. The molecule has 0 amide bonds. The van der Waals surface area contributed by atoms with E-state index in [1.807, 2.05) is 12.1 Å². The quantitative estimate of drug-likeness (QED) is 0.652. The van der Waals surface area contributed by atoms with Crippen molar-refractivity contribution < 1.29 is 0 Å². The maximum Gasteiger partial charge on any atom is 0.0441 e. The average Bonchev–Trinajstić information content (AvgIpc) is 2.07. The van der Waals surface area contributed by atoms with Crippen LogP contribution in [0, 0.1) is 0 Å². The fraction of sp³-hybridized carbons (Fsp3) is 0.400. The summed E-state index contributed by atoms with van der Waals surface area (Å²) in [5.41, 5.74) is 8.50. The van der Waals surface area contributed by atoms with Gasteiger partial charge in [0.05, 0.1) is 0 Å². The van der Waals surface area contributed by atoms with Gasteiger partial charge in [0.1, 0.15) is 0 Å². The van der Waals surface area contributed by atoms with E-state index in [-0.39, 0.29) is 0 Å². The molecule has 2 heteroatoms. The zero-order valence-electron chi connectivity index (χ0n) is 6.89. The molecule has 0 unspecified atom stereocenters. The van der Waals surface area contributed by atoms with Crippen LogP contribution in [0.4, 0.5) is 0 Å². The minimum atomic E-state index is 0.303. The van der Waals surface area contributed by atoms with Crippen molar-refractivity contribution >= 4 is 11.6 Å². The standard InChI is InChI=1S/C10H12ClN/c11-10-3-1-2-7-4-5-8(12)6-9(7)10/h1-3,8H,4-6,12H2/t8-/m0/s1. The van der Waals surface area contributed by atoms with Crippen LogP contribution in [0.5, 0.6) is 0 Å². The smallest absolute Gasteiger partial charge is 0.0441 e. The number of benzene rings is 1. The van der Waals surface area contributed by atoms with Crippen LogP contribution in [0.1, 0.15) is 17.5 Å². The first-order valence-electron chi connectivity index (χ1n) is 4.29. The summed E-state index contributed by atoms with van der Waals surface area (Å²) in [5.74, 6) is 0. The van der Waals surface area contributed by atoms with E-state index < -0.39 is 0 Å². The van der Waals surface area contributed by atoms with Crippen molar-refractivity contribution in [3.05, 3.63) is 34.3 Å². The Bertz CT molecular complexity index is 296. The molecule has 0 aliphatic heterocycles. The number of hydrogen-bond donors (Lipinski definition) is 1. The first-order chi connectivity index (χ1) is 5.77. The highest BCUT2D eigenvalue weighted by molar-refractivity contribution is 6.31. The van der Waals surface area contributed by atoms with Gasteiger partial charge in [0.2, 0.25) is 0 Å². The second kappa shape index (κ2) is 3.08. The summed E-state index contributed by atoms with van der Waals surface area (Å²) in [5, 5.41) is 0.877. The molecule has 0 radical (unpaired) electrons. The summed E-state index contributed by atoms with van der Waals surface area (Å²) in [6.45, 7) is 0. The zero-order chi connectivity index (χ0) is 8.55. The Morgan fingerprint density at radius 2 is 2.25 bits per heavy atom. The minimum Gasteiger partial charge on any atom is -0.327 e. The van der Waals surface area contributed by atoms with Crippen molar-refractivity contribution in [2.45, 2.75) is 25.3 Å². The Balaban J connectivity index is 2.43. The van der Waals surface area contributed by atoms with Crippen LogP contribution < -0.4 is 5.73 Å². The molecule has 12 heavy (non-hydrogen) atoms. The lowest BCUT2D eigenvalue weighted by atomic mass is 9.89. The average molecular weight is 182 g/mol. The lowest BCUT2D eigenvalue weighted by molar-refractivity contribution is 0.576. The largest absolute Gasteiger partial charge is 0.327 e. The van der Waals surface area contributed by atoms with E-state index in [4.69, 9.17) is 17.3 Å². The lowest BCUT2D eigenvalue weighted by Crippen LogP contribution is -2.27. The third-order valence-electron chi connectivity index (χ3n) is 2.47. The van der Waals surface area contributed by atoms with Crippen LogP contribution in [0.15, 0.2) is 18.2 Å². The molecule has 1 aromatic rings. The first kappa shape index (κ1) is 8.09.